The van der Waals surface area contributed by atoms with E-state index in [0.29, 0.717) is 6.54 Å². The van der Waals surface area contributed by atoms with Crippen LogP contribution >= 0.6 is 11.3 Å². The number of rotatable bonds is 4. The van der Waals surface area contributed by atoms with Crippen molar-refractivity contribution in [2.24, 2.45) is 5.73 Å². The molecular formula is C9H12N4S. The van der Waals surface area contributed by atoms with Gasteiger partial charge in [-0.25, -0.2) is 9.97 Å². The number of nitrogens with two attached hydrogens (primary N) is 1. The highest BCUT2D eigenvalue weighted by Crippen LogP contribution is 2.07. The largest absolute Gasteiger partial charge is 0.333 e. The number of hydrogen-bond acceptors (Lipinski definition) is 4. The van der Waals surface area contributed by atoms with Gasteiger partial charge in [0, 0.05) is 37.3 Å². The molecule has 0 aromatic carbocycles. The van der Waals surface area contributed by atoms with E-state index in [4.69, 9.17) is 5.73 Å². The molecule has 74 valence electrons. The second-order valence-electron chi connectivity index (χ2n) is 2.96. The molecular weight excluding hydrogens is 196 g/mol. The first-order chi connectivity index (χ1) is 6.90. The average Bonchev–Trinajstić information content (AvgIpc) is 2.85. The van der Waals surface area contributed by atoms with E-state index in [1.807, 2.05) is 24.1 Å². The van der Waals surface area contributed by atoms with E-state index in [9.17, 15) is 0 Å². The lowest BCUT2D eigenvalue weighted by Gasteiger charge is -2.03. The molecule has 14 heavy (non-hydrogen) atoms. The number of imidazole rings is 1. The predicted octanol–water partition coefficient (Wildman–Crippen LogP) is 1.04. The number of nitrogens with zero attached hydrogens (tertiary/aromatic N) is 3. The molecule has 0 aliphatic carbocycles. The minimum absolute atomic E-state index is 0.540. The van der Waals surface area contributed by atoms with Gasteiger partial charge in [-0.05, 0) is 0 Å². The Balaban J connectivity index is 1.98. The van der Waals surface area contributed by atoms with Crippen LogP contribution in [0.2, 0.25) is 0 Å². The molecule has 0 aliphatic rings. The van der Waals surface area contributed by atoms with E-state index >= 15 is 0 Å². The predicted molar refractivity (Wildman–Crippen MR) is 55.9 cm³/mol. The van der Waals surface area contributed by atoms with Crippen molar-refractivity contribution in [3.05, 3.63) is 34.8 Å². The van der Waals surface area contributed by atoms with Crippen LogP contribution in [0.1, 0.15) is 10.7 Å². The van der Waals surface area contributed by atoms with Gasteiger partial charge in [-0.3, -0.25) is 0 Å². The number of aromatic nitrogens is 3. The Morgan fingerprint density at radius 2 is 2.43 bits per heavy atom. The molecule has 2 N–H and O–H groups in total. The van der Waals surface area contributed by atoms with Crippen molar-refractivity contribution in [3.63, 3.8) is 0 Å². The van der Waals surface area contributed by atoms with Crippen LogP contribution in [0, 0.1) is 0 Å². The van der Waals surface area contributed by atoms with Crippen molar-refractivity contribution in [2.75, 3.05) is 0 Å². The maximum atomic E-state index is 5.57. The zero-order valence-electron chi connectivity index (χ0n) is 7.76. The molecule has 0 fully saturated rings. The fourth-order valence-electron chi connectivity index (χ4n) is 1.31. The normalized spacial score (nSPS) is 10.6. The summed E-state index contributed by atoms with van der Waals surface area (Å²) in [5.41, 5.74) is 6.64. The molecule has 0 saturated heterocycles. The van der Waals surface area contributed by atoms with Crippen LogP contribution in [0.15, 0.2) is 24.1 Å². The van der Waals surface area contributed by atoms with E-state index < -0.39 is 0 Å². The lowest BCUT2D eigenvalue weighted by Crippen LogP contribution is -2.08. The van der Waals surface area contributed by atoms with Crippen molar-refractivity contribution in [1.82, 2.24) is 14.5 Å². The molecule has 0 aliphatic heterocycles. The zero-order chi connectivity index (χ0) is 9.80. The molecule has 0 amide bonds. The molecule has 2 aromatic heterocycles. The van der Waals surface area contributed by atoms with E-state index in [-0.39, 0.29) is 0 Å². The summed E-state index contributed by atoms with van der Waals surface area (Å²) in [4.78, 5) is 8.28. The van der Waals surface area contributed by atoms with Gasteiger partial charge in [0.25, 0.3) is 0 Å². The summed E-state index contributed by atoms with van der Waals surface area (Å²) >= 11 is 1.68. The first kappa shape index (κ1) is 9.36. The number of aryl methyl sites for hydroxylation is 2. The van der Waals surface area contributed by atoms with Gasteiger partial charge in [0.2, 0.25) is 0 Å². The molecule has 0 radical (unpaired) electrons. The van der Waals surface area contributed by atoms with Crippen LogP contribution in [0.25, 0.3) is 0 Å². The molecule has 0 atom stereocenters. The lowest BCUT2D eigenvalue weighted by atomic mass is 10.4. The van der Waals surface area contributed by atoms with Gasteiger partial charge in [-0.1, -0.05) is 0 Å². The highest BCUT2D eigenvalue weighted by Gasteiger charge is 2.01. The van der Waals surface area contributed by atoms with Gasteiger partial charge < -0.3 is 10.3 Å². The minimum atomic E-state index is 0.540. The third-order valence-electron chi connectivity index (χ3n) is 2.06. The third kappa shape index (κ3) is 2.00. The molecule has 2 rings (SSSR count). The smallest absolute Gasteiger partial charge is 0.0948 e. The van der Waals surface area contributed by atoms with E-state index in [0.717, 1.165) is 23.7 Å². The molecule has 0 saturated carbocycles. The van der Waals surface area contributed by atoms with E-state index in [1.54, 1.807) is 11.3 Å². The molecule has 5 heteroatoms. The van der Waals surface area contributed by atoms with Gasteiger partial charge in [0.05, 0.1) is 17.0 Å². The molecule has 2 aromatic rings. The Kier molecular flexibility index (Phi) is 2.90. The minimum Gasteiger partial charge on any atom is -0.333 e. The maximum Gasteiger partial charge on any atom is 0.0948 e. The van der Waals surface area contributed by atoms with Gasteiger partial charge in [0.1, 0.15) is 0 Å². The third-order valence-corrected chi connectivity index (χ3v) is 2.90. The van der Waals surface area contributed by atoms with Gasteiger partial charge in [0.15, 0.2) is 0 Å². The Labute approximate surface area is 86.4 Å². The standard InChI is InChI=1S/C9H12N4S/c10-5-8-6-11-7-13(8)3-1-9-12-2-4-14-9/h2,4,6-7H,1,3,5,10H2. The van der Waals surface area contributed by atoms with Crippen molar-refractivity contribution >= 4 is 11.3 Å². The summed E-state index contributed by atoms with van der Waals surface area (Å²) in [5.74, 6) is 0. The highest BCUT2D eigenvalue weighted by atomic mass is 32.1. The molecule has 4 nitrogen and oxygen atoms in total. The Morgan fingerprint density at radius 1 is 1.50 bits per heavy atom. The van der Waals surface area contributed by atoms with Crippen LogP contribution < -0.4 is 5.73 Å². The van der Waals surface area contributed by atoms with Crippen LogP contribution in [0.5, 0.6) is 0 Å². The maximum absolute atomic E-state index is 5.57. The summed E-state index contributed by atoms with van der Waals surface area (Å²) in [5, 5.41) is 3.15. The fourth-order valence-corrected chi connectivity index (χ4v) is 1.92. The Hall–Kier alpha value is -1.20. The first-order valence-electron chi connectivity index (χ1n) is 4.47. The van der Waals surface area contributed by atoms with Crippen LogP contribution in [-0.2, 0) is 19.5 Å². The summed E-state index contributed by atoms with van der Waals surface area (Å²) in [6.07, 6.45) is 6.40. The van der Waals surface area contributed by atoms with Gasteiger partial charge >= 0.3 is 0 Å². The SMILES string of the molecule is NCc1cncn1CCc1nccs1. The molecule has 2 heterocycles. The van der Waals surface area contributed by atoms with Crippen molar-refractivity contribution in [2.45, 2.75) is 19.5 Å². The average molecular weight is 208 g/mol. The fraction of sp³-hybridized carbons (Fsp3) is 0.333. The highest BCUT2D eigenvalue weighted by molar-refractivity contribution is 7.09. The topological polar surface area (TPSA) is 56.7 Å². The van der Waals surface area contributed by atoms with Crippen molar-refractivity contribution < 1.29 is 0 Å². The quantitative estimate of drug-likeness (QED) is 0.816. The van der Waals surface area contributed by atoms with E-state index in [2.05, 4.69) is 14.5 Å². The zero-order valence-corrected chi connectivity index (χ0v) is 8.57. The van der Waals surface area contributed by atoms with Gasteiger partial charge in [-0.15, -0.1) is 11.3 Å². The monoisotopic (exact) mass is 208 g/mol. The van der Waals surface area contributed by atoms with Gasteiger partial charge in [-0.2, -0.15) is 0 Å². The summed E-state index contributed by atoms with van der Waals surface area (Å²) in [6.45, 7) is 1.44. The number of thiazole rings is 1. The molecule has 0 bridgehead atoms. The van der Waals surface area contributed by atoms with Crippen LogP contribution in [0.4, 0.5) is 0 Å². The van der Waals surface area contributed by atoms with Crippen molar-refractivity contribution in [3.8, 4) is 0 Å². The van der Waals surface area contributed by atoms with Crippen LogP contribution in [0.3, 0.4) is 0 Å². The first-order valence-corrected chi connectivity index (χ1v) is 5.35. The molecule has 0 unspecified atom stereocenters. The second kappa shape index (κ2) is 4.34. The Bertz CT molecular complexity index is 379. The second-order valence-corrected chi connectivity index (χ2v) is 3.94. The van der Waals surface area contributed by atoms with E-state index in [1.165, 1.54) is 0 Å². The molecule has 0 spiro atoms. The summed E-state index contributed by atoms with van der Waals surface area (Å²) in [6, 6.07) is 0. The summed E-state index contributed by atoms with van der Waals surface area (Å²) in [7, 11) is 0. The Morgan fingerprint density at radius 3 is 3.14 bits per heavy atom. The summed E-state index contributed by atoms with van der Waals surface area (Å²) < 4.78 is 2.07. The van der Waals surface area contributed by atoms with Crippen molar-refractivity contribution in [1.29, 1.82) is 0 Å². The lowest BCUT2D eigenvalue weighted by molar-refractivity contribution is 0.659. The van der Waals surface area contributed by atoms with Crippen LogP contribution in [-0.4, -0.2) is 14.5 Å². The number of hydrogen-bond donors (Lipinski definition) is 1.